The molecule has 1 rings (SSSR count). The molecule has 1 saturated heterocycles. The summed E-state index contributed by atoms with van der Waals surface area (Å²) in [7, 11) is 0. The maximum Gasteiger partial charge on any atom is 0.252 e. The topological polar surface area (TPSA) is 48.2 Å². The van der Waals surface area contributed by atoms with E-state index >= 15 is 0 Å². The van der Waals surface area contributed by atoms with Gasteiger partial charge >= 0.3 is 0 Å². The van der Waals surface area contributed by atoms with E-state index in [4.69, 9.17) is 0 Å². The number of allylic oxidation sites excluding steroid dienone is 1. The van der Waals surface area contributed by atoms with E-state index in [1.165, 1.54) is 0 Å². The molecule has 0 aromatic rings. The van der Waals surface area contributed by atoms with Crippen molar-refractivity contribution in [3.05, 3.63) is 12.7 Å². The average molecular weight is 138 g/mol. The second kappa shape index (κ2) is 2.64. The molecular formula is C7H8NO2. The van der Waals surface area contributed by atoms with Crippen LogP contribution in [0.3, 0.4) is 0 Å². The van der Waals surface area contributed by atoms with E-state index in [0.29, 0.717) is 6.42 Å². The van der Waals surface area contributed by atoms with Gasteiger partial charge in [0.25, 0.3) is 5.91 Å². The van der Waals surface area contributed by atoms with Gasteiger partial charge in [-0.25, -0.2) is 0 Å². The minimum absolute atomic E-state index is 0.218. The quantitative estimate of drug-likeness (QED) is 0.405. The van der Waals surface area contributed by atoms with Crippen LogP contribution in [-0.4, -0.2) is 11.8 Å². The molecule has 0 N–H and O–H groups in total. The molecule has 1 radical (unpaired) electrons. The molecule has 0 aromatic carbocycles. The van der Waals surface area contributed by atoms with Gasteiger partial charge in [-0.3, -0.25) is 9.59 Å². The second-order valence-corrected chi connectivity index (χ2v) is 2.27. The lowest BCUT2D eigenvalue weighted by Gasteiger charge is -1.96. The summed E-state index contributed by atoms with van der Waals surface area (Å²) >= 11 is 0. The molecule has 0 saturated carbocycles. The molecule has 2 amide bonds. The van der Waals surface area contributed by atoms with E-state index in [9.17, 15) is 9.59 Å². The first-order valence-electron chi connectivity index (χ1n) is 3.13. The Labute approximate surface area is 59.1 Å². The van der Waals surface area contributed by atoms with Crippen molar-refractivity contribution in [2.45, 2.75) is 12.8 Å². The number of hydrogen-bond donors (Lipinski definition) is 0. The predicted molar refractivity (Wildman–Crippen MR) is 35.1 cm³/mol. The van der Waals surface area contributed by atoms with Crippen molar-refractivity contribution in [2.75, 3.05) is 0 Å². The highest BCUT2D eigenvalue weighted by Crippen LogP contribution is 2.15. The van der Waals surface area contributed by atoms with Gasteiger partial charge in [0.05, 0.1) is 5.92 Å². The van der Waals surface area contributed by atoms with Crippen LogP contribution in [0.25, 0.3) is 0 Å². The highest BCUT2D eigenvalue weighted by molar-refractivity contribution is 6.03. The lowest BCUT2D eigenvalue weighted by Crippen LogP contribution is -2.13. The van der Waals surface area contributed by atoms with Gasteiger partial charge < -0.3 is 0 Å². The van der Waals surface area contributed by atoms with Crippen LogP contribution in [0.1, 0.15) is 12.8 Å². The van der Waals surface area contributed by atoms with Crippen LogP contribution in [0.5, 0.6) is 0 Å². The third-order valence-electron chi connectivity index (χ3n) is 1.46. The van der Waals surface area contributed by atoms with Crippen LogP contribution in [0.15, 0.2) is 12.7 Å². The van der Waals surface area contributed by atoms with E-state index in [2.05, 4.69) is 11.9 Å². The number of carbonyl (C=O) groups is 2. The molecule has 10 heavy (non-hydrogen) atoms. The Morgan fingerprint density at radius 1 is 1.70 bits per heavy atom. The summed E-state index contributed by atoms with van der Waals surface area (Å²) in [5.74, 6) is -0.799. The van der Waals surface area contributed by atoms with E-state index in [-0.39, 0.29) is 24.2 Å². The van der Waals surface area contributed by atoms with Crippen LogP contribution < -0.4 is 5.32 Å². The third kappa shape index (κ3) is 1.23. The van der Waals surface area contributed by atoms with Gasteiger partial charge in [0.2, 0.25) is 5.91 Å². The smallest absolute Gasteiger partial charge is 0.252 e. The third-order valence-corrected chi connectivity index (χ3v) is 1.46. The molecule has 0 aliphatic carbocycles. The van der Waals surface area contributed by atoms with Gasteiger partial charge in [0.1, 0.15) is 0 Å². The molecule has 1 aliphatic rings. The van der Waals surface area contributed by atoms with E-state index < -0.39 is 0 Å². The fraction of sp³-hybridized carbons (Fsp3) is 0.429. The Hall–Kier alpha value is -1.12. The number of imide groups is 1. The van der Waals surface area contributed by atoms with Gasteiger partial charge in [-0.1, -0.05) is 6.08 Å². The van der Waals surface area contributed by atoms with Crippen LogP contribution in [-0.2, 0) is 9.59 Å². The summed E-state index contributed by atoms with van der Waals surface area (Å²) < 4.78 is 0. The van der Waals surface area contributed by atoms with Crippen molar-refractivity contribution in [2.24, 2.45) is 5.92 Å². The molecule has 0 bridgehead atoms. The lowest BCUT2D eigenvalue weighted by atomic mass is 10.0. The zero-order valence-corrected chi connectivity index (χ0v) is 5.54. The lowest BCUT2D eigenvalue weighted by molar-refractivity contribution is -0.126. The fourth-order valence-electron chi connectivity index (χ4n) is 0.943. The Balaban J connectivity index is 2.54. The maximum atomic E-state index is 10.7. The molecule has 1 heterocycles. The highest BCUT2D eigenvalue weighted by Gasteiger charge is 2.30. The van der Waals surface area contributed by atoms with Crippen LogP contribution in [0.4, 0.5) is 0 Å². The maximum absolute atomic E-state index is 10.7. The zero-order chi connectivity index (χ0) is 7.56. The second-order valence-electron chi connectivity index (χ2n) is 2.27. The first kappa shape index (κ1) is 6.99. The molecule has 53 valence electrons. The molecule has 3 heteroatoms. The van der Waals surface area contributed by atoms with Crippen molar-refractivity contribution < 1.29 is 9.59 Å². The number of amides is 2. The Kier molecular flexibility index (Phi) is 1.85. The normalized spacial score (nSPS) is 24.6. The van der Waals surface area contributed by atoms with Gasteiger partial charge in [0.15, 0.2) is 0 Å². The summed E-state index contributed by atoms with van der Waals surface area (Å²) in [5, 5.41) is 3.26. The SMILES string of the molecule is C=CCC1CC(=O)[N]C1=O. The van der Waals surface area contributed by atoms with Crippen molar-refractivity contribution in [1.82, 2.24) is 5.32 Å². The summed E-state index contributed by atoms with van der Waals surface area (Å²) in [4.78, 5) is 21.3. The molecule has 0 aromatic heterocycles. The largest absolute Gasteiger partial charge is 0.272 e. The molecule has 0 spiro atoms. The van der Waals surface area contributed by atoms with E-state index in [1.54, 1.807) is 6.08 Å². The molecule has 1 unspecified atom stereocenters. The Bertz CT molecular complexity index is 186. The first-order valence-corrected chi connectivity index (χ1v) is 3.13. The zero-order valence-electron chi connectivity index (χ0n) is 5.54. The first-order chi connectivity index (χ1) is 4.74. The van der Waals surface area contributed by atoms with E-state index in [0.717, 1.165) is 0 Å². The molecule has 1 fully saturated rings. The summed E-state index contributed by atoms with van der Waals surface area (Å²) in [5.41, 5.74) is 0. The number of nitrogens with zero attached hydrogens (tertiary/aromatic N) is 1. The minimum Gasteiger partial charge on any atom is -0.272 e. The van der Waals surface area contributed by atoms with Gasteiger partial charge in [-0.2, -0.15) is 5.32 Å². The standard InChI is InChI=1S/C7H8NO2/c1-2-3-5-4-6(9)8-7(5)10/h2,5H,1,3-4H2. The predicted octanol–water partition coefficient (Wildman–Crippen LogP) is 0.240. The van der Waals surface area contributed by atoms with E-state index in [1.807, 2.05) is 0 Å². The Morgan fingerprint density at radius 3 is 2.80 bits per heavy atom. The summed E-state index contributed by atoms with van der Waals surface area (Å²) in [6.07, 6.45) is 2.47. The number of rotatable bonds is 2. The summed E-state index contributed by atoms with van der Waals surface area (Å²) in [6.45, 7) is 3.48. The molecule has 3 nitrogen and oxygen atoms in total. The summed E-state index contributed by atoms with van der Waals surface area (Å²) in [6, 6.07) is 0. The van der Waals surface area contributed by atoms with Crippen LogP contribution in [0.2, 0.25) is 0 Å². The fourth-order valence-corrected chi connectivity index (χ4v) is 0.943. The molecule has 1 aliphatic heterocycles. The van der Waals surface area contributed by atoms with Crippen LogP contribution >= 0.6 is 0 Å². The number of hydrogen-bond acceptors (Lipinski definition) is 2. The van der Waals surface area contributed by atoms with Gasteiger partial charge in [-0.15, -0.1) is 6.58 Å². The minimum atomic E-state index is -0.295. The van der Waals surface area contributed by atoms with Crippen molar-refractivity contribution in [3.63, 3.8) is 0 Å². The monoisotopic (exact) mass is 138 g/mol. The van der Waals surface area contributed by atoms with Crippen molar-refractivity contribution in [1.29, 1.82) is 0 Å². The van der Waals surface area contributed by atoms with Crippen molar-refractivity contribution >= 4 is 11.8 Å². The van der Waals surface area contributed by atoms with Gasteiger partial charge in [-0.05, 0) is 6.42 Å². The number of carbonyl (C=O) groups excluding carboxylic acids is 2. The van der Waals surface area contributed by atoms with Crippen LogP contribution in [0, 0.1) is 5.92 Å². The molecule has 1 atom stereocenters. The highest BCUT2D eigenvalue weighted by atomic mass is 16.2. The average Bonchev–Trinajstić information content (AvgIpc) is 2.13. The molecular weight excluding hydrogens is 130 g/mol. The van der Waals surface area contributed by atoms with Gasteiger partial charge in [0, 0.05) is 6.42 Å². The van der Waals surface area contributed by atoms with Crippen molar-refractivity contribution in [3.8, 4) is 0 Å². The Morgan fingerprint density at radius 2 is 2.40 bits per heavy atom.